The zero-order valence-electron chi connectivity index (χ0n) is 13.6. The number of alkyl carbamates (subject to hydrolysis) is 1. The molecule has 124 valence electrons. The molecule has 0 heterocycles. The molecule has 2 unspecified atom stereocenters. The van der Waals surface area contributed by atoms with Gasteiger partial charge < -0.3 is 20.3 Å². The van der Waals surface area contributed by atoms with E-state index in [1.807, 2.05) is 42.5 Å². The lowest BCUT2D eigenvalue weighted by molar-refractivity contribution is 0.0316. The molecule has 1 amide bonds. The van der Waals surface area contributed by atoms with Crippen LogP contribution in [0, 0.1) is 0 Å². The Morgan fingerprint density at radius 3 is 2.43 bits per heavy atom. The van der Waals surface area contributed by atoms with E-state index < -0.39 is 30.4 Å². The van der Waals surface area contributed by atoms with Gasteiger partial charge in [0.2, 0.25) is 0 Å². The number of benzene rings is 2. The molecule has 2 atom stereocenters. The van der Waals surface area contributed by atoms with Gasteiger partial charge in [-0.3, -0.25) is 0 Å². The molecule has 0 saturated heterocycles. The summed E-state index contributed by atoms with van der Waals surface area (Å²) in [7, 11) is 0. The van der Waals surface area contributed by atoms with Gasteiger partial charge in [-0.1, -0.05) is 36.4 Å². The Hall–Kier alpha value is -2.11. The summed E-state index contributed by atoms with van der Waals surface area (Å²) >= 11 is 0. The number of carbonyl (C=O) groups excluding carboxylic acids is 1. The fourth-order valence-electron chi connectivity index (χ4n) is 2.34. The van der Waals surface area contributed by atoms with Gasteiger partial charge in [-0.25, -0.2) is 4.79 Å². The lowest BCUT2D eigenvalue weighted by Gasteiger charge is -2.26. The summed E-state index contributed by atoms with van der Waals surface area (Å²) in [5, 5.41) is 24.0. The molecule has 0 aromatic heterocycles. The molecule has 2 aromatic carbocycles. The van der Waals surface area contributed by atoms with Gasteiger partial charge >= 0.3 is 6.09 Å². The molecule has 0 aliphatic carbocycles. The Balaban J connectivity index is 2.28. The first-order chi connectivity index (χ1) is 10.8. The summed E-state index contributed by atoms with van der Waals surface area (Å²) in [5.74, 6) is 0. The van der Waals surface area contributed by atoms with E-state index >= 15 is 0 Å². The number of ether oxygens (including phenoxy) is 1. The third-order valence-electron chi connectivity index (χ3n) is 3.38. The molecule has 0 fully saturated rings. The number of amides is 1. The third-order valence-corrected chi connectivity index (χ3v) is 3.38. The Kier molecular flexibility index (Phi) is 5.23. The van der Waals surface area contributed by atoms with E-state index in [-0.39, 0.29) is 0 Å². The van der Waals surface area contributed by atoms with Crippen LogP contribution in [-0.4, -0.2) is 34.6 Å². The molecular weight excluding hydrogens is 294 g/mol. The smallest absolute Gasteiger partial charge is 0.408 e. The van der Waals surface area contributed by atoms with Crippen LogP contribution in [0.15, 0.2) is 42.5 Å². The SMILES string of the molecule is CC(C)(C)OC(=O)NC(c1ccc2ccccc2c1)C(O)CO. The summed E-state index contributed by atoms with van der Waals surface area (Å²) in [6.07, 6.45) is -1.76. The van der Waals surface area contributed by atoms with Crippen LogP contribution in [0.3, 0.4) is 0 Å². The van der Waals surface area contributed by atoms with Gasteiger partial charge in [-0.05, 0) is 43.2 Å². The molecule has 23 heavy (non-hydrogen) atoms. The van der Waals surface area contributed by atoms with Gasteiger partial charge in [0.05, 0.1) is 12.6 Å². The van der Waals surface area contributed by atoms with Gasteiger partial charge in [0.1, 0.15) is 11.7 Å². The molecule has 5 nitrogen and oxygen atoms in total. The molecule has 0 bridgehead atoms. The number of carbonyl (C=O) groups is 1. The molecule has 2 rings (SSSR count). The molecule has 5 heteroatoms. The summed E-state index contributed by atoms with van der Waals surface area (Å²) < 4.78 is 5.23. The third kappa shape index (κ3) is 4.68. The van der Waals surface area contributed by atoms with E-state index in [1.54, 1.807) is 20.8 Å². The summed E-state index contributed by atoms with van der Waals surface area (Å²) in [6.45, 7) is 4.83. The normalized spacial score (nSPS) is 14.3. The van der Waals surface area contributed by atoms with Gasteiger partial charge in [0.25, 0.3) is 0 Å². The standard InChI is InChI=1S/C18H23NO4/c1-18(2,3)23-17(22)19-16(15(21)11-20)14-9-8-12-6-4-5-7-13(12)10-14/h4-10,15-16,20-21H,11H2,1-3H3,(H,19,22). The minimum Gasteiger partial charge on any atom is -0.444 e. The zero-order valence-corrected chi connectivity index (χ0v) is 13.6. The molecule has 0 spiro atoms. The zero-order chi connectivity index (χ0) is 17.0. The lowest BCUT2D eigenvalue weighted by Crippen LogP contribution is -2.40. The van der Waals surface area contributed by atoms with Crippen LogP contribution >= 0.6 is 0 Å². The second-order valence-electron chi connectivity index (χ2n) is 6.48. The van der Waals surface area contributed by atoms with Gasteiger partial charge in [0.15, 0.2) is 0 Å². The second kappa shape index (κ2) is 6.98. The molecule has 0 aliphatic heterocycles. The second-order valence-corrected chi connectivity index (χ2v) is 6.48. The average molecular weight is 317 g/mol. The van der Waals surface area contributed by atoms with E-state index in [0.717, 1.165) is 10.8 Å². The average Bonchev–Trinajstić information content (AvgIpc) is 2.49. The van der Waals surface area contributed by atoms with Crippen molar-refractivity contribution in [1.82, 2.24) is 5.32 Å². The fourth-order valence-corrected chi connectivity index (χ4v) is 2.34. The number of hydrogen-bond acceptors (Lipinski definition) is 4. The Morgan fingerprint density at radius 2 is 1.83 bits per heavy atom. The molecule has 3 N–H and O–H groups in total. The van der Waals surface area contributed by atoms with E-state index in [0.29, 0.717) is 5.56 Å². The lowest BCUT2D eigenvalue weighted by atomic mass is 9.98. The number of aliphatic hydroxyl groups excluding tert-OH is 2. The summed E-state index contributed by atoms with van der Waals surface area (Å²) in [4.78, 5) is 12.0. The molecular formula is C18H23NO4. The monoisotopic (exact) mass is 317 g/mol. The van der Waals surface area contributed by atoms with E-state index in [9.17, 15) is 15.0 Å². The Bertz CT molecular complexity index is 678. The highest BCUT2D eigenvalue weighted by molar-refractivity contribution is 5.83. The highest BCUT2D eigenvalue weighted by atomic mass is 16.6. The maximum Gasteiger partial charge on any atom is 0.408 e. The molecule has 0 radical (unpaired) electrons. The van der Waals surface area contributed by atoms with E-state index in [2.05, 4.69) is 5.32 Å². The van der Waals surface area contributed by atoms with Crippen LogP contribution in [0.4, 0.5) is 4.79 Å². The maximum absolute atomic E-state index is 12.0. The predicted octanol–water partition coefficient (Wildman–Crippen LogP) is 2.76. The van der Waals surface area contributed by atoms with Crippen molar-refractivity contribution in [3.8, 4) is 0 Å². The number of nitrogens with one attached hydrogen (secondary N) is 1. The largest absolute Gasteiger partial charge is 0.444 e. The summed E-state index contributed by atoms with van der Waals surface area (Å²) in [5.41, 5.74) is 0.0680. The van der Waals surface area contributed by atoms with Crippen molar-refractivity contribution in [2.75, 3.05) is 6.61 Å². The highest BCUT2D eigenvalue weighted by Gasteiger charge is 2.25. The maximum atomic E-state index is 12.0. The Labute approximate surface area is 135 Å². The van der Waals surface area contributed by atoms with Crippen LogP contribution in [-0.2, 0) is 4.74 Å². The van der Waals surface area contributed by atoms with Crippen molar-refractivity contribution in [1.29, 1.82) is 0 Å². The number of hydrogen-bond donors (Lipinski definition) is 3. The first-order valence-electron chi connectivity index (χ1n) is 7.57. The Morgan fingerprint density at radius 1 is 1.17 bits per heavy atom. The van der Waals surface area contributed by atoms with Gasteiger partial charge in [-0.2, -0.15) is 0 Å². The van der Waals surface area contributed by atoms with Crippen LogP contribution in [0.1, 0.15) is 32.4 Å². The van der Waals surface area contributed by atoms with Crippen molar-refractivity contribution in [2.45, 2.75) is 38.5 Å². The van der Waals surface area contributed by atoms with E-state index in [1.165, 1.54) is 0 Å². The minimum absolute atomic E-state index is 0.465. The van der Waals surface area contributed by atoms with Crippen LogP contribution in [0.5, 0.6) is 0 Å². The number of rotatable bonds is 4. The van der Waals surface area contributed by atoms with Gasteiger partial charge in [0, 0.05) is 0 Å². The predicted molar refractivity (Wildman–Crippen MR) is 89.2 cm³/mol. The van der Waals surface area contributed by atoms with E-state index in [4.69, 9.17) is 4.74 Å². The first kappa shape index (κ1) is 17.2. The van der Waals surface area contributed by atoms with Gasteiger partial charge in [-0.15, -0.1) is 0 Å². The minimum atomic E-state index is -1.12. The topological polar surface area (TPSA) is 78.8 Å². The first-order valence-corrected chi connectivity index (χ1v) is 7.57. The molecule has 0 saturated carbocycles. The van der Waals surface area contributed by atoms with Crippen LogP contribution in [0.2, 0.25) is 0 Å². The fraction of sp³-hybridized carbons (Fsp3) is 0.389. The quantitative estimate of drug-likeness (QED) is 0.810. The van der Waals surface area contributed by atoms with Crippen LogP contribution in [0.25, 0.3) is 10.8 Å². The molecule has 0 aliphatic rings. The number of fused-ring (bicyclic) bond motifs is 1. The highest BCUT2D eigenvalue weighted by Crippen LogP contribution is 2.23. The van der Waals surface area contributed by atoms with Crippen LogP contribution < -0.4 is 5.32 Å². The van der Waals surface area contributed by atoms with Crippen molar-refractivity contribution in [2.24, 2.45) is 0 Å². The van der Waals surface area contributed by atoms with Crippen molar-refractivity contribution < 1.29 is 19.7 Å². The summed E-state index contributed by atoms with van der Waals surface area (Å²) in [6, 6.07) is 12.7. The van der Waals surface area contributed by atoms with Crippen molar-refractivity contribution >= 4 is 16.9 Å². The molecule has 2 aromatic rings. The van der Waals surface area contributed by atoms with Crippen molar-refractivity contribution in [3.63, 3.8) is 0 Å². The number of aliphatic hydroxyl groups is 2. The van der Waals surface area contributed by atoms with Crippen molar-refractivity contribution in [3.05, 3.63) is 48.0 Å².